The first kappa shape index (κ1) is 19.5. The number of halogens is 1. The summed E-state index contributed by atoms with van der Waals surface area (Å²) in [5, 5.41) is 1.52. The minimum atomic E-state index is -0.261. The van der Waals surface area contributed by atoms with E-state index in [1.165, 1.54) is 11.1 Å². The zero-order valence-corrected chi connectivity index (χ0v) is 17.1. The van der Waals surface area contributed by atoms with Crippen molar-refractivity contribution in [1.29, 1.82) is 0 Å². The molecule has 0 aromatic heterocycles. The van der Waals surface area contributed by atoms with Crippen molar-refractivity contribution in [2.24, 2.45) is 0 Å². The predicted octanol–water partition coefficient (Wildman–Crippen LogP) is 6.65. The Morgan fingerprint density at radius 3 is 1.83 bits per heavy atom. The summed E-state index contributed by atoms with van der Waals surface area (Å²) >= 11 is 0. The van der Waals surface area contributed by atoms with Gasteiger partial charge in [-0.25, -0.2) is 4.39 Å². The molecule has 0 fully saturated rings. The third-order valence-corrected chi connectivity index (χ3v) is 5.06. The fourth-order valence-corrected chi connectivity index (χ4v) is 3.22. The second-order valence-corrected chi connectivity index (χ2v) is 7.28. The zero-order chi connectivity index (χ0) is 20.9. The first-order chi connectivity index (χ1) is 14.6. The standard InChI is InChI=1S/C29H21F/c1-3-22-15-19-28-27(20-22)18-17-26(29(28)30)16-14-25-12-10-24(11-13-25)9-8-23-6-4-21(2)5-7-23/h4-7,10-13,15,17-20H,3H2,1-2H3. The van der Waals surface area contributed by atoms with Crippen molar-refractivity contribution in [1.82, 2.24) is 0 Å². The van der Waals surface area contributed by atoms with Crippen LogP contribution in [0, 0.1) is 36.4 Å². The normalized spacial score (nSPS) is 10.1. The van der Waals surface area contributed by atoms with E-state index >= 15 is 0 Å². The molecule has 0 radical (unpaired) electrons. The second-order valence-electron chi connectivity index (χ2n) is 7.28. The fourth-order valence-electron chi connectivity index (χ4n) is 3.22. The maximum atomic E-state index is 14.8. The van der Waals surface area contributed by atoms with Crippen LogP contribution >= 0.6 is 0 Å². The Balaban J connectivity index is 1.54. The lowest BCUT2D eigenvalue weighted by Crippen LogP contribution is -1.88. The fraction of sp³-hybridized carbons (Fsp3) is 0.103. The van der Waals surface area contributed by atoms with Gasteiger partial charge in [-0.15, -0.1) is 0 Å². The van der Waals surface area contributed by atoms with Crippen molar-refractivity contribution in [2.45, 2.75) is 20.3 Å². The molecule has 0 atom stereocenters. The van der Waals surface area contributed by atoms with Gasteiger partial charge < -0.3 is 0 Å². The van der Waals surface area contributed by atoms with E-state index in [9.17, 15) is 4.39 Å². The predicted molar refractivity (Wildman–Crippen MR) is 123 cm³/mol. The Morgan fingerprint density at radius 2 is 1.23 bits per heavy atom. The highest BCUT2D eigenvalue weighted by Gasteiger charge is 2.06. The lowest BCUT2D eigenvalue weighted by molar-refractivity contribution is 0.636. The summed E-state index contributed by atoms with van der Waals surface area (Å²) in [6.07, 6.45) is 0.935. The molecule has 0 unspecified atom stereocenters. The highest BCUT2D eigenvalue weighted by atomic mass is 19.1. The van der Waals surface area contributed by atoms with Gasteiger partial charge in [-0.3, -0.25) is 0 Å². The molecule has 4 aromatic rings. The van der Waals surface area contributed by atoms with Gasteiger partial charge in [0.1, 0.15) is 5.82 Å². The van der Waals surface area contributed by atoms with Gasteiger partial charge in [-0.1, -0.05) is 72.6 Å². The monoisotopic (exact) mass is 388 g/mol. The second kappa shape index (κ2) is 8.69. The van der Waals surface area contributed by atoms with E-state index in [0.717, 1.165) is 28.5 Å². The van der Waals surface area contributed by atoms with Crippen LogP contribution < -0.4 is 0 Å². The van der Waals surface area contributed by atoms with Crippen molar-refractivity contribution >= 4 is 10.8 Å². The maximum absolute atomic E-state index is 14.8. The molecule has 0 nitrogen and oxygen atoms in total. The lowest BCUT2D eigenvalue weighted by atomic mass is 10.0. The van der Waals surface area contributed by atoms with E-state index in [4.69, 9.17) is 0 Å². The minimum absolute atomic E-state index is 0.261. The van der Waals surface area contributed by atoms with Crippen LogP contribution in [-0.4, -0.2) is 0 Å². The Labute approximate surface area is 177 Å². The van der Waals surface area contributed by atoms with E-state index in [2.05, 4.69) is 49.7 Å². The van der Waals surface area contributed by atoms with Gasteiger partial charge in [-0.2, -0.15) is 0 Å². The molecule has 0 heterocycles. The van der Waals surface area contributed by atoms with Crippen LogP contribution in [-0.2, 0) is 6.42 Å². The van der Waals surface area contributed by atoms with Crippen LogP contribution in [0.15, 0.2) is 78.9 Å². The van der Waals surface area contributed by atoms with E-state index in [0.29, 0.717) is 10.9 Å². The number of fused-ring (bicyclic) bond motifs is 1. The first-order valence-corrected chi connectivity index (χ1v) is 10.0. The number of aryl methyl sites for hydroxylation is 2. The maximum Gasteiger partial charge on any atom is 0.146 e. The van der Waals surface area contributed by atoms with Crippen LogP contribution in [0.4, 0.5) is 4.39 Å². The molecular weight excluding hydrogens is 367 g/mol. The van der Waals surface area contributed by atoms with Gasteiger partial charge >= 0.3 is 0 Å². The largest absolute Gasteiger partial charge is 0.205 e. The topological polar surface area (TPSA) is 0 Å². The third kappa shape index (κ3) is 4.43. The van der Waals surface area contributed by atoms with E-state index in [1.54, 1.807) is 6.07 Å². The van der Waals surface area contributed by atoms with E-state index in [-0.39, 0.29) is 5.82 Å². The van der Waals surface area contributed by atoms with E-state index in [1.807, 2.05) is 60.7 Å². The molecule has 0 spiro atoms. The smallest absolute Gasteiger partial charge is 0.146 e. The van der Waals surface area contributed by atoms with E-state index < -0.39 is 0 Å². The molecule has 4 aromatic carbocycles. The van der Waals surface area contributed by atoms with Crippen molar-refractivity contribution < 1.29 is 4.39 Å². The molecule has 0 N–H and O–H groups in total. The Hall–Kier alpha value is -3.81. The van der Waals surface area contributed by atoms with Crippen molar-refractivity contribution in [3.05, 3.63) is 118 Å². The molecule has 0 saturated carbocycles. The zero-order valence-electron chi connectivity index (χ0n) is 17.1. The van der Waals surface area contributed by atoms with Crippen LogP contribution in [0.2, 0.25) is 0 Å². The SMILES string of the molecule is CCc1ccc2c(F)c(C#Cc3ccc(C#Cc4ccc(C)cc4)cc3)ccc2c1. The molecule has 144 valence electrons. The van der Waals surface area contributed by atoms with Crippen LogP contribution in [0.3, 0.4) is 0 Å². The lowest BCUT2D eigenvalue weighted by Gasteiger charge is -2.04. The molecule has 0 aliphatic rings. The molecule has 0 saturated heterocycles. The quantitative estimate of drug-likeness (QED) is 0.320. The van der Waals surface area contributed by atoms with Crippen LogP contribution in [0.1, 0.15) is 40.3 Å². The molecule has 30 heavy (non-hydrogen) atoms. The number of rotatable bonds is 1. The Bertz CT molecular complexity index is 1320. The summed E-state index contributed by atoms with van der Waals surface area (Å²) in [5.74, 6) is 12.1. The first-order valence-electron chi connectivity index (χ1n) is 10.0. The molecule has 0 amide bonds. The molecule has 0 bridgehead atoms. The van der Waals surface area contributed by atoms with Crippen LogP contribution in [0.5, 0.6) is 0 Å². The minimum Gasteiger partial charge on any atom is -0.205 e. The Morgan fingerprint density at radius 1 is 0.667 bits per heavy atom. The summed E-state index contributed by atoms with van der Waals surface area (Å²) in [6, 6.07) is 25.4. The summed E-state index contributed by atoms with van der Waals surface area (Å²) in [4.78, 5) is 0. The van der Waals surface area contributed by atoms with Crippen molar-refractivity contribution in [2.75, 3.05) is 0 Å². The summed E-state index contributed by atoms with van der Waals surface area (Å²) in [5.41, 5.74) is 5.57. The molecule has 0 aliphatic carbocycles. The number of benzene rings is 4. The number of hydrogen-bond donors (Lipinski definition) is 0. The van der Waals surface area contributed by atoms with Gasteiger partial charge in [0.2, 0.25) is 0 Å². The van der Waals surface area contributed by atoms with Crippen LogP contribution in [0.25, 0.3) is 10.8 Å². The van der Waals surface area contributed by atoms with Gasteiger partial charge in [0.05, 0.1) is 5.56 Å². The average molecular weight is 388 g/mol. The molecular formula is C29H21F. The van der Waals surface area contributed by atoms with Gasteiger partial charge in [0, 0.05) is 22.1 Å². The highest BCUT2D eigenvalue weighted by Crippen LogP contribution is 2.22. The van der Waals surface area contributed by atoms with Crippen molar-refractivity contribution in [3.8, 4) is 23.7 Å². The molecule has 0 aliphatic heterocycles. The highest BCUT2D eigenvalue weighted by molar-refractivity contribution is 5.85. The van der Waals surface area contributed by atoms with Gasteiger partial charge in [0.15, 0.2) is 0 Å². The summed E-state index contributed by atoms with van der Waals surface area (Å²) in [6.45, 7) is 4.15. The average Bonchev–Trinajstić information content (AvgIpc) is 2.79. The third-order valence-electron chi connectivity index (χ3n) is 5.06. The summed E-state index contributed by atoms with van der Waals surface area (Å²) < 4.78 is 14.8. The number of hydrogen-bond acceptors (Lipinski definition) is 0. The Kier molecular flexibility index (Phi) is 5.65. The van der Waals surface area contributed by atoms with Gasteiger partial charge in [0.25, 0.3) is 0 Å². The van der Waals surface area contributed by atoms with Crippen molar-refractivity contribution in [3.63, 3.8) is 0 Å². The molecule has 4 rings (SSSR count). The van der Waals surface area contributed by atoms with Gasteiger partial charge in [-0.05, 0) is 66.8 Å². The summed E-state index contributed by atoms with van der Waals surface area (Å²) in [7, 11) is 0. The molecule has 1 heteroatoms.